The van der Waals surface area contributed by atoms with E-state index in [0.717, 1.165) is 5.56 Å². The summed E-state index contributed by atoms with van der Waals surface area (Å²) in [4.78, 5) is 26.6. The van der Waals surface area contributed by atoms with Crippen LogP contribution in [-0.2, 0) is 19.6 Å². The van der Waals surface area contributed by atoms with Crippen molar-refractivity contribution in [3.8, 4) is 11.5 Å². The fraction of sp³-hybridized carbons (Fsp3) is 0.241. The van der Waals surface area contributed by atoms with Crippen molar-refractivity contribution in [2.24, 2.45) is 0 Å². The Balaban J connectivity index is 1.60. The number of carbonyl (C=O) groups excluding carboxylic acids is 2. The van der Waals surface area contributed by atoms with Crippen molar-refractivity contribution in [3.63, 3.8) is 0 Å². The first-order valence-electron chi connectivity index (χ1n) is 12.5. The van der Waals surface area contributed by atoms with Gasteiger partial charge in [0.25, 0.3) is 15.9 Å². The van der Waals surface area contributed by atoms with E-state index in [-0.39, 0.29) is 29.8 Å². The molecule has 0 radical (unpaired) electrons. The lowest BCUT2D eigenvalue weighted by atomic mass is 10.0. The van der Waals surface area contributed by atoms with Gasteiger partial charge in [0.1, 0.15) is 6.04 Å². The van der Waals surface area contributed by atoms with Crippen LogP contribution in [0.15, 0.2) is 77.8 Å². The molecule has 202 valence electrons. The van der Waals surface area contributed by atoms with Crippen LogP contribution >= 0.6 is 0 Å². The van der Waals surface area contributed by atoms with Gasteiger partial charge in [-0.1, -0.05) is 50.2 Å². The molecule has 0 bridgehead atoms. The summed E-state index contributed by atoms with van der Waals surface area (Å²) in [6, 6.07) is 17.3. The Bertz CT molecular complexity index is 1660. The minimum absolute atomic E-state index is 0.0331. The van der Waals surface area contributed by atoms with Crippen molar-refractivity contribution in [1.82, 2.24) is 9.29 Å². The number of carbonyl (C=O) groups is 2. The number of nitrogens with one attached hydrogen (secondary N) is 1. The van der Waals surface area contributed by atoms with Crippen LogP contribution in [0, 0.1) is 0 Å². The van der Waals surface area contributed by atoms with Gasteiger partial charge in [0.2, 0.25) is 6.79 Å². The fourth-order valence-electron chi connectivity index (χ4n) is 4.59. The second-order valence-electron chi connectivity index (χ2n) is 9.40. The summed E-state index contributed by atoms with van der Waals surface area (Å²) in [5.41, 5.74) is 2.23. The molecule has 3 aromatic carbocycles. The lowest BCUT2D eigenvalue weighted by Gasteiger charge is -2.21. The van der Waals surface area contributed by atoms with Crippen molar-refractivity contribution in [3.05, 3.63) is 89.6 Å². The molecule has 39 heavy (non-hydrogen) atoms. The minimum Gasteiger partial charge on any atom is -0.462 e. The summed E-state index contributed by atoms with van der Waals surface area (Å²) in [5, 5.41) is 0.571. The van der Waals surface area contributed by atoms with Gasteiger partial charge in [-0.05, 0) is 54.3 Å². The molecule has 1 aliphatic rings. The average Bonchev–Trinajstić information content (AvgIpc) is 3.54. The van der Waals surface area contributed by atoms with E-state index in [0.29, 0.717) is 28.0 Å². The fourth-order valence-corrected chi connectivity index (χ4v) is 5.58. The highest BCUT2D eigenvalue weighted by Crippen LogP contribution is 2.37. The van der Waals surface area contributed by atoms with Gasteiger partial charge in [-0.2, -0.15) is 0 Å². The molecule has 0 aliphatic carbocycles. The van der Waals surface area contributed by atoms with Gasteiger partial charge in [0.05, 0.1) is 17.1 Å². The molecule has 5 rings (SSSR count). The van der Waals surface area contributed by atoms with E-state index in [2.05, 4.69) is 4.72 Å². The van der Waals surface area contributed by atoms with Gasteiger partial charge >= 0.3 is 5.97 Å². The van der Waals surface area contributed by atoms with Crippen molar-refractivity contribution in [1.29, 1.82) is 0 Å². The third-order valence-electron chi connectivity index (χ3n) is 6.57. The molecular formula is C29H28N2O7S. The predicted octanol–water partition coefficient (Wildman–Crippen LogP) is 4.76. The number of aromatic nitrogens is 1. The largest absolute Gasteiger partial charge is 0.462 e. The topological polar surface area (TPSA) is 113 Å². The smallest absolute Gasteiger partial charge is 0.340 e. The molecule has 0 spiro atoms. The normalized spacial score (nSPS) is 13.4. The lowest BCUT2D eigenvalue weighted by Crippen LogP contribution is -2.37. The monoisotopic (exact) mass is 548 g/mol. The Hall–Kier alpha value is -4.31. The van der Waals surface area contributed by atoms with Crippen LogP contribution in [0.1, 0.15) is 54.2 Å². The number of sulfonamides is 1. The number of benzene rings is 3. The molecule has 1 aliphatic heterocycles. The number of para-hydroxylation sites is 1. The second kappa shape index (κ2) is 10.5. The number of amides is 1. The first-order chi connectivity index (χ1) is 18.7. The highest BCUT2D eigenvalue weighted by atomic mass is 32.2. The van der Waals surface area contributed by atoms with E-state index in [1.807, 2.05) is 13.8 Å². The highest BCUT2D eigenvalue weighted by Gasteiger charge is 2.31. The number of esters is 1. The summed E-state index contributed by atoms with van der Waals surface area (Å²) < 4.78 is 46.5. The Kier molecular flexibility index (Phi) is 7.05. The summed E-state index contributed by atoms with van der Waals surface area (Å²) in [6.07, 6.45) is 1.52. The summed E-state index contributed by atoms with van der Waals surface area (Å²) in [6.45, 7) is 5.94. The molecule has 1 unspecified atom stereocenters. The average molecular weight is 549 g/mol. The van der Waals surface area contributed by atoms with Crippen LogP contribution in [-0.4, -0.2) is 38.3 Å². The Morgan fingerprint density at radius 1 is 0.974 bits per heavy atom. The zero-order valence-electron chi connectivity index (χ0n) is 21.7. The van der Waals surface area contributed by atoms with Crippen LogP contribution in [0.4, 0.5) is 0 Å². The summed E-state index contributed by atoms with van der Waals surface area (Å²) in [7, 11) is -4.21. The second-order valence-corrected chi connectivity index (χ2v) is 11.1. The van der Waals surface area contributed by atoms with Crippen LogP contribution in [0.2, 0.25) is 0 Å². The maximum Gasteiger partial charge on any atom is 0.340 e. The van der Waals surface area contributed by atoms with Gasteiger partial charge in [0.15, 0.2) is 11.5 Å². The number of hydrogen-bond acceptors (Lipinski definition) is 7. The van der Waals surface area contributed by atoms with E-state index in [1.54, 1.807) is 66.1 Å². The third-order valence-corrected chi connectivity index (χ3v) is 7.93. The quantitative estimate of drug-likeness (QED) is 0.316. The molecule has 1 N–H and O–H groups in total. The molecule has 0 saturated carbocycles. The molecule has 0 fully saturated rings. The molecule has 0 saturated heterocycles. The SMILES string of the molecule is CCOC(=O)c1cn(C(C(=O)NS(=O)(=O)c2ccc(C(C)C)cc2)c2ccc3c(c2)OCO3)c2ccccc12. The zero-order valence-corrected chi connectivity index (χ0v) is 22.5. The molecule has 1 amide bonds. The van der Waals surface area contributed by atoms with E-state index < -0.39 is 27.9 Å². The molecule has 2 heterocycles. The molecule has 1 aromatic heterocycles. The Labute approximate surface area is 226 Å². The summed E-state index contributed by atoms with van der Waals surface area (Å²) >= 11 is 0. The van der Waals surface area contributed by atoms with Gasteiger partial charge < -0.3 is 18.8 Å². The number of hydrogen-bond donors (Lipinski definition) is 1. The van der Waals surface area contributed by atoms with Crippen LogP contribution in [0.3, 0.4) is 0 Å². The van der Waals surface area contributed by atoms with Crippen molar-refractivity contribution in [2.75, 3.05) is 13.4 Å². The Morgan fingerprint density at radius 3 is 2.38 bits per heavy atom. The number of rotatable bonds is 8. The van der Waals surface area contributed by atoms with E-state index >= 15 is 0 Å². The third kappa shape index (κ3) is 5.07. The molecule has 9 nitrogen and oxygen atoms in total. The van der Waals surface area contributed by atoms with E-state index in [9.17, 15) is 18.0 Å². The van der Waals surface area contributed by atoms with E-state index in [4.69, 9.17) is 14.2 Å². The molecular weight excluding hydrogens is 520 g/mol. The highest BCUT2D eigenvalue weighted by molar-refractivity contribution is 7.90. The molecule has 1 atom stereocenters. The standard InChI is InChI=1S/C29H28N2O7S/c1-4-36-29(33)23-16-31(24-8-6-5-7-22(23)24)27(20-11-14-25-26(15-20)38-17-37-25)28(32)30-39(34,35)21-12-9-19(10-13-21)18(2)3/h5-16,18,27H,4,17H2,1-3H3,(H,30,32). The predicted molar refractivity (Wildman–Crippen MR) is 144 cm³/mol. The first kappa shape index (κ1) is 26.3. The maximum atomic E-state index is 13.9. The lowest BCUT2D eigenvalue weighted by molar-refractivity contribution is -0.121. The Morgan fingerprint density at radius 2 is 1.67 bits per heavy atom. The van der Waals surface area contributed by atoms with Crippen LogP contribution in [0.5, 0.6) is 11.5 Å². The van der Waals surface area contributed by atoms with Crippen LogP contribution < -0.4 is 14.2 Å². The molecule has 10 heteroatoms. The zero-order chi connectivity index (χ0) is 27.7. The van der Waals surface area contributed by atoms with Gasteiger partial charge in [0, 0.05) is 17.1 Å². The van der Waals surface area contributed by atoms with E-state index in [1.165, 1.54) is 18.3 Å². The maximum absolute atomic E-state index is 13.9. The van der Waals surface area contributed by atoms with Gasteiger partial charge in [-0.3, -0.25) is 4.79 Å². The van der Waals surface area contributed by atoms with Crippen molar-refractivity contribution >= 4 is 32.8 Å². The molecule has 4 aromatic rings. The van der Waals surface area contributed by atoms with Gasteiger partial charge in [-0.25, -0.2) is 17.9 Å². The van der Waals surface area contributed by atoms with Crippen molar-refractivity contribution in [2.45, 2.75) is 37.6 Å². The van der Waals surface area contributed by atoms with Gasteiger partial charge in [-0.15, -0.1) is 0 Å². The number of fused-ring (bicyclic) bond motifs is 2. The number of nitrogens with zero attached hydrogens (tertiary/aromatic N) is 1. The van der Waals surface area contributed by atoms with Crippen LogP contribution in [0.25, 0.3) is 10.9 Å². The summed E-state index contributed by atoms with van der Waals surface area (Å²) in [5.74, 6) is -0.185. The number of ether oxygens (including phenoxy) is 3. The minimum atomic E-state index is -4.21. The first-order valence-corrected chi connectivity index (χ1v) is 14.0. The van der Waals surface area contributed by atoms with Crippen molar-refractivity contribution < 1.29 is 32.2 Å².